The molecular weight excluding hydrogens is 262 g/mol. The third kappa shape index (κ3) is 3.08. The molecule has 1 aliphatic rings. The van der Waals surface area contributed by atoms with Gasteiger partial charge in [0.1, 0.15) is 5.75 Å². The Balaban J connectivity index is 2.10. The van der Waals surface area contributed by atoms with Crippen molar-refractivity contribution in [2.75, 3.05) is 33.9 Å². The van der Waals surface area contributed by atoms with Gasteiger partial charge in [-0.15, -0.1) is 0 Å². The summed E-state index contributed by atoms with van der Waals surface area (Å²) in [5.74, 6) is 0.00266. The van der Waals surface area contributed by atoms with E-state index in [2.05, 4.69) is 4.74 Å². The summed E-state index contributed by atoms with van der Waals surface area (Å²) in [5.41, 5.74) is 0.523. The molecule has 0 N–H and O–H groups in total. The zero-order valence-corrected chi connectivity index (χ0v) is 11.5. The van der Waals surface area contributed by atoms with Gasteiger partial charge in [0.15, 0.2) is 6.10 Å². The summed E-state index contributed by atoms with van der Waals surface area (Å²) in [5, 5.41) is 0. The lowest BCUT2D eigenvalue weighted by atomic mass is 10.1. The number of nitrogens with zero attached hydrogens (tertiary/aromatic N) is 1. The Morgan fingerprint density at radius 2 is 2.15 bits per heavy atom. The summed E-state index contributed by atoms with van der Waals surface area (Å²) in [6.07, 6.45) is -0.719. The van der Waals surface area contributed by atoms with Crippen molar-refractivity contribution in [2.24, 2.45) is 0 Å². The van der Waals surface area contributed by atoms with Gasteiger partial charge in [0.25, 0.3) is 5.91 Å². The Morgan fingerprint density at radius 3 is 2.85 bits per heavy atom. The van der Waals surface area contributed by atoms with Gasteiger partial charge in [0.2, 0.25) is 0 Å². The molecule has 0 aromatic heterocycles. The molecule has 1 fully saturated rings. The maximum Gasteiger partial charge on any atom is 0.336 e. The highest BCUT2D eigenvalue weighted by atomic mass is 16.6. The molecule has 1 heterocycles. The van der Waals surface area contributed by atoms with E-state index in [1.807, 2.05) is 0 Å². The van der Waals surface area contributed by atoms with E-state index in [0.29, 0.717) is 24.5 Å². The summed E-state index contributed by atoms with van der Waals surface area (Å²) in [4.78, 5) is 25.4. The second-order valence-corrected chi connectivity index (χ2v) is 4.37. The van der Waals surface area contributed by atoms with Crippen LogP contribution < -0.4 is 4.74 Å². The summed E-state index contributed by atoms with van der Waals surface area (Å²) >= 11 is 0. The summed E-state index contributed by atoms with van der Waals surface area (Å²) < 4.78 is 15.0. The van der Waals surface area contributed by atoms with Gasteiger partial charge in [-0.3, -0.25) is 4.79 Å². The van der Waals surface area contributed by atoms with Gasteiger partial charge in [-0.2, -0.15) is 0 Å². The van der Waals surface area contributed by atoms with Crippen LogP contribution in [0.1, 0.15) is 10.4 Å². The SMILES string of the molecule is COC(=O)C1CN(C(=O)c2cccc(OC)c2)CCO1. The minimum atomic E-state index is -0.719. The molecule has 6 heteroatoms. The molecule has 1 atom stereocenters. The van der Waals surface area contributed by atoms with E-state index in [4.69, 9.17) is 9.47 Å². The van der Waals surface area contributed by atoms with Gasteiger partial charge in [-0.25, -0.2) is 4.79 Å². The molecular formula is C14H17NO5. The van der Waals surface area contributed by atoms with Crippen molar-refractivity contribution < 1.29 is 23.8 Å². The molecule has 0 bridgehead atoms. The van der Waals surface area contributed by atoms with E-state index >= 15 is 0 Å². The number of hydrogen-bond donors (Lipinski definition) is 0. The van der Waals surface area contributed by atoms with E-state index in [1.54, 1.807) is 36.3 Å². The number of rotatable bonds is 3. The van der Waals surface area contributed by atoms with Gasteiger partial charge >= 0.3 is 5.97 Å². The molecule has 108 valence electrons. The van der Waals surface area contributed by atoms with Crippen molar-refractivity contribution in [3.8, 4) is 5.75 Å². The van der Waals surface area contributed by atoms with Crippen LogP contribution in [0.3, 0.4) is 0 Å². The lowest BCUT2D eigenvalue weighted by Gasteiger charge is -2.31. The average molecular weight is 279 g/mol. The number of carbonyl (C=O) groups is 2. The highest BCUT2D eigenvalue weighted by Crippen LogP contribution is 2.16. The van der Waals surface area contributed by atoms with Crippen LogP contribution in [0.4, 0.5) is 0 Å². The minimum Gasteiger partial charge on any atom is -0.497 e. The Labute approximate surface area is 117 Å². The fraction of sp³-hybridized carbons (Fsp3) is 0.429. The van der Waals surface area contributed by atoms with Gasteiger partial charge in [0.05, 0.1) is 27.4 Å². The highest BCUT2D eigenvalue weighted by Gasteiger charge is 2.30. The summed E-state index contributed by atoms with van der Waals surface area (Å²) in [6.45, 7) is 0.960. The van der Waals surface area contributed by atoms with Crippen LogP contribution in [0.2, 0.25) is 0 Å². The van der Waals surface area contributed by atoms with Crippen LogP contribution in [0, 0.1) is 0 Å². The number of benzene rings is 1. The second-order valence-electron chi connectivity index (χ2n) is 4.37. The second kappa shape index (κ2) is 6.38. The van der Waals surface area contributed by atoms with Gasteiger partial charge in [0, 0.05) is 12.1 Å². The van der Waals surface area contributed by atoms with E-state index < -0.39 is 12.1 Å². The predicted octanol–water partition coefficient (Wildman–Crippen LogP) is 0.709. The van der Waals surface area contributed by atoms with Crippen molar-refractivity contribution in [3.63, 3.8) is 0 Å². The molecule has 1 aromatic carbocycles. The summed E-state index contributed by atoms with van der Waals surface area (Å²) in [6, 6.07) is 6.91. The number of carbonyl (C=O) groups excluding carboxylic acids is 2. The molecule has 0 radical (unpaired) electrons. The lowest BCUT2D eigenvalue weighted by molar-refractivity contribution is -0.158. The maximum absolute atomic E-state index is 12.4. The topological polar surface area (TPSA) is 65.1 Å². The zero-order chi connectivity index (χ0) is 14.5. The molecule has 0 saturated carbocycles. The van der Waals surface area contributed by atoms with E-state index in [9.17, 15) is 9.59 Å². The minimum absolute atomic E-state index is 0.152. The van der Waals surface area contributed by atoms with Crippen LogP contribution in [-0.4, -0.2) is 56.8 Å². The zero-order valence-electron chi connectivity index (χ0n) is 11.5. The van der Waals surface area contributed by atoms with Crippen LogP contribution >= 0.6 is 0 Å². The van der Waals surface area contributed by atoms with Gasteiger partial charge < -0.3 is 19.1 Å². The largest absolute Gasteiger partial charge is 0.497 e. The molecule has 1 amide bonds. The number of methoxy groups -OCH3 is 2. The fourth-order valence-corrected chi connectivity index (χ4v) is 2.05. The van der Waals surface area contributed by atoms with Crippen molar-refractivity contribution in [3.05, 3.63) is 29.8 Å². The Hall–Kier alpha value is -2.08. The number of morpholine rings is 1. The maximum atomic E-state index is 12.4. The van der Waals surface area contributed by atoms with E-state index in [0.717, 1.165) is 0 Å². The molecule has 1 unspecified atom stereocenters. The Kier molecular flexibility index (Phi) is 4.57. The van der Waals surface area contributed by atoms with Gasteiger partial charge in [-0.05, 0) is 18.2 Å². The van der Waals surface area contributed by atoms with E-state index in [-0.39, 0.29) is 12.5 Å². The molecule has 1 saturated heterocycles. The third-order valence-electron chi connectivity index (χ3n) is 3.13. The quantitative estimate of drug-likeness (QED) is 0.762. The molecule has 6 nitrogen and oxygen atoms in total. The number of amides is 1. The first-order chi connectivity index (χ1) is 9.65. The lowest BCUT2D eigenvalue weighted by Crippen LogP contribution is -2.48. The standard InChI is InChI=1S/C14H17NO5/c1-18-11-5-3-4-10(8-11)13(16)15-6-7-20-12(9-15)14(17)19-2/h3-5,8,12H,6-7,9H2,1-2H3. The highest BCUT2D eigenvalue weighted by molar-refractivity contribution is 5.95. The first kappa shape index (κ1) is 14.3. The van der Waals surface area contributed by atoms with Crippen molar-refractivity contribution in [2.45, 2.75) is 6.10 Å². The first-order valence-corrected chi connectivity index (χ1v) is 6.28. The third-order valence-corrected chi connectivity index (χ3v) is 3.13. The first-order valence-electron chi connectivity index (χ1n) is 6.28. The molecule has 0 spiro atoms. The van der Waals surface area contributed by atoms with Crippen LogP contribution in [-0.2, 0) is 14.3 Å². The monoisotopic (exact) mass is 279 g/mol. The number of hydrogen-bond acceptors (Lipinski definition) is 5. The molecule has 1 aromatic rings. The number of esters is 1. The molecule has 1 aliphatic heterocycles. The van der Waals surface area contributed by atoms with Crippen LogP contribution in [0.15, 0.2) is 24.3 Å². The fourth-order valence-electron chi connectivity index (χ4n) is 2.05. The average Bonchev–Trinajstić information content (AvgIpc) is 2.53. The van der Waals surface area contributed by atoms with Gasteiger partial charge in [-0.1, -0.05) is 6.07 Å². The molecule has 2 rings (SSSR count). The predicted molar refractivity (Wildman–Crippen MR) is 70.7 cm³/mol. The molecule has 0 aliphatic carbocycles. The Morgan fingerprint density at radius 1 is 1.35 bits per heavy atom. The van der Waals surface area contributed by atoms with Crippen LogP contribution in [0.5, 0.6) is 5.75 Å². The summed E-state index contributed by atoms with van der Waals surface area (Å²) in [7, 11) is 2.85. The Bertz CT molecular complexity index is 502. The smallest absolute Gasteiger partial charge is 0.336 e. The van der Waals surface area contributed by atoms with Crippen molar-refractivity contribution in [1.82, 2.24) is 4.90 Å². The van der Waals surface area contributed by atoms with Crippen LogP contribution in [0.25, 0.3) is 0 Å². The normalized spacial score (nSPS) is 18.5. The molecule has 20 heavy (non-hydrogen) atoms. The van der Waals surface area contributed by atoms with Crippen molar-refractivity contribution >= 4 is 11.9 Å². The van der Waals surface area contributed by atoms with E-state index in [1.165, 1.54) is 7.11 Å². The number of ether oxygens (including phenoxy) is 3. The van der Waals surface area contributed by atoms with Crippen molar-refractivity contribution in [1.29, 1.82) is 0 Å².